The molecule has 7 rings (SSSR count). The topological polar surface area (TPSA) is 148 Å². The summed E-state index contributed by atoms with van der Waals surface area (Å²) in [7, 11) is -3.84. The van der Waals surface area contributed by atoms with Gasteiger partial charge in [-0.05, 0) is 37.1 Å². The number of aliphatic hydroxyl groups is 1. The van der Waals surface area contributed by atoms with E-state index in [-0.39, 0.29) is 38.2 Å². The molecule has 0 aliphatic carbocycles. The molecule has 4 aliphatic rings. The van der Waals surface area contributed by atoms with Crippen molar-refractivity contribution in [1.29, 1.82) is 0 Å². The zero-order chi connectivity index (χ0) is 30.2. The molecule has 8 bridgehead atoms. The summed E-state index contributed by atoms with van der Waals surface area (Å²) in [5, 5.41) is 17.7. The summed E-state index contributed by atoms with van der Waals surface area (Å²) in [6, 6.07) is 6.40. The Hall–Kier alpha value is -3.54. The van der Waals surface area contributed by atoms with Crippen LogP contribution in [0.1, 0.15) is 12.8 Å². The van der Waals surface area contributed by atoms with E-state index in [2.05, 4.69) is 25.0 Å². The predicted molar refractivity (Wildman–Crippen MR) is 150 cm³/mol. The first-order valence-electron chi connectivity index (χ1n) is 13.8. The maximum Gasteiger partial charge on any atom is 0.396 e. The molecule has 2 saturated heterocycles. The van der Waals surface area contributed by atoms with Gasteiger partial charge in [-0.1, -0.05) is 5.21 Å². The molecule has 0 radical (unpaired) electrons. The lowest BCUT2D eigenvalue weighted by Gasteiger charge is -2.44. The summed E-state index contributed by atoms with van der Waals surface area (Å²) in [5.41, 5.74) is 0.0845. The Balaban J connectivity index is 1.42. The molecule has 4 aliphatic heterocycles. The van der Waals surface area contributed by atoms with Gasteiger partial charge in [-0.2, -0.15) is 13.2 Å². The molecule has 0 spiro atoms. The fourth-order valence-corrected chi connectivity index (χ4v) is 6.43. The Bertz CT molecular complexity index is 1560. The molecule has 3 aromatic rings. The molecule has 232 valence electrons. The van der Waals surface area contributed by atoms with Crippen molar-refractivity contribution < 1.29 is 36.2 Å². The number of hydrogen-bond donors (Lipinski definition) is 2. The first-order valence-corrected chi connectivity index (χ1v) is 15.5. The highest BCUT2D eigenvalue weighted by atomic mass is 32.2. The van der Waals surface area contributed by atoms with Crippen LogP contribution in [0.5, 0.6) is 0 Å². The second-order valence-corrected chi connectivity index (χ2v) is 12.7. The lowest BCUT2D eigenvalue weighted by Crippen LogP contribution is -2.51. The number of halogens is 3. The molecular formula is C26H31F3N8O5S. The number of benzene rings is 1. The second kappa shape index (κ2) is 11.5. The number of alkyl halides is 3. The number of hydrogen-bond acceptors (Lipinski definition) is 11. The molecular weight excluding hydrogens is 593 g/mol. The highest BCUT2D eigenvalue weighted by molar-refractivity contribution is 7.92. The molecule has 1 aromatic carbocycles. The zero-order valence-electron chi connectivity index (χ0n) is 23.1. The molecule has 43 heavy (non-hydrogen) atoms. The Morgan fingerprint density at radius 1 is 1.09 bits per heavy atom. The number of morpholine rings is 1. The predicted octanol–water partition coefficient (Wildman–Crippen LogP) is 1.84. The van der Waals surface area contributed by atoms with E-state index in [4.69, 9.17) is 14.6 Å². The van der Waals surface area contributed by atoms with Gasteiger partial charge in [0.05, 0.1) is 72.7 Å². The molecule has 0 saturated carbocycles. The van der Waals surface area contributed by atoms with Gasteiger partial charge in [0.15, 0.2) is 0 Å². The fourth-order valence-electron chi connectivity index (χ4n) is 5.60. The van der Waals surface area contributed by atoms with Crippen molar-refractivity contribution in [3.05, 3.63) is 36.7 Å². The Kier molecular flexibility index (Phi) is 7.91. The number of piperidine rings is 1. The summed E-state index contributed by atoms with van der Waals surface area (Å²) >= 11 is 0. The van der Waals surface area contributed by atoms with Crippen molar-refractivity contribution in [2.24, 2.45) is 5.41 Å². The third-order valence-electron chi connectivity index (χ3n) is 8.02. The van der Waals surface area contributed by atoms with E-state index in [9.17, 15) is 21.6 Å². The van der Waals surface area contributed by atoms with Crippen LogP contribution in [0.4, 0.5) is 30.5 Å². The number of fused-ring (bicyclic) bond motifs is 4. The highest BCUT2D eigenvalue weighted by Gasteiger charge is 2.56. The minimum atomic E-state index is -4.50. The van der Waals surface area contributed by atoms with Crippen molar-refractivity contribution >= 4 is 27.3 Å². The van der Waals surface area contributed by atoms with Crippen LogP contribution in [0.2, 0.25) is 0 Å². The van der Waals surface area contributed by atoms with Crippen molar-refractivity contribution in [3.63, 3.8) is 0 Å². The molecule has 13 nitrogen and oxygen atoms in total. The van der Waals surface area contributed by atoms with Crippen molar-refractivity contribution in [1.82, 2.24) is 25.0 Å². The molecule has 1 unspecified atom stereocenters. The largest absolute Gasteiger partial charge is 0.396 e. The average molecular weight is 625 g/mol. The number of sulfonamides is 1. The van der Waals surface area contributed by atoms with Crippen LogP contribution in [-0.4, -0.2) is 109 Å². The van der Waals surface area contributed by atoms with Crippen LogP contribution in [0.15, 0.2) is 36.7 Å². The maximum absolute atomic E-state index is 14.5. The first kappa shape index (κ1) is 29.5. The summed E-state index contributed by atoms with van der Waals surface area (Å²) in [5.74, 6) is -0.0721. The third-order valence-corrected chi connectivity index (χ3v) is 9.29. The number of anilines is 3. The Morgan fingerprint density at radius 3 is 2.67 bits per heavy atom. The minimum Gasteiger partial charge on any atom is -0.395 e. The van der Waals surface area contributed by atoms with Gasteiger partial charge >= 0.3 is 6.18 Å². The monoisotopic (exact) mass is 624 g/mol. The number of aliphatic hydroxyl groups excluding tert-OH is 1. The highest BCUT2D eigenvalue weighted by Crippen LogP contribution is 2.48. The SMILES string of the molecule is O=S(=O)(CCO)Nc1ccc2c(c1)N1CCC(C(F)(F)F)(CC1)COCC1CN(CCO1)c1nccc(n1)-c1cn-2nn1. The van der Waals surface area contributed by atoms with Crippen molar-refractivity contribution in [3.8, 4) is 17.1 Å². The first-order chi connectivity index (χ1) is 20.6. The van der Waals surface area contributed by atoms with Gasteiger partial charge in [0, 0.05) is 32.4 Å². The van der Waals surface area contributed by atoms with Crippen LogP contribution < -0.4 is 14.5 Å². The normalized spacial score (nSPS) is 22.9. The Morgan fingerprint density at radius 2 is 1.91 bits per heavy atom. The average Bonchev–Trinajstić information content (AvgIpc) is 3.47. The second-order valence-electron chi connectivity index (χ2n) is 10.9. The molecule has 2 N–H and O–H groups in total. The van der Waals surface area contributed by atoms with E-state index in [0.717, 1.165) is 0 Å². The fraction of sp³-hybridized carbons (Fsp3) is 0.538. The Labute approximate surface area is 245 Å². The summed E-state index contributed by atoms with van der Waals surface area (Å²) in [6.45, 7) is 0.216. The summed E-state index contributed by atoms with van der Waals surface area (Å²) in [6.07, 6.45) is -2.15. The van der Waals surface area contributed by atoms with Gasteiger partial charge in [-0.15, -0.1) is 5.10 Å². The quantitative estimate of drug-likeness (QED) is 0.438. The maximum atomic E-state index is 14.5. The van der Waals surface area contributed by atoms with Crippen LogP contribution in [-0.2, 0) is 19.5 Å². The number of nitrogens with zero attached hydrogens (tertiary/aromatic N) is 7. The van der Waals surface area contributed by atoms with E-state index in [1.165, 1.54) is 10.7 Å². The molecule has 1 atom stereocenters. The lowest BCUT2D eigenvalue weighted by atomic mass is 9.78. The van der Waals surface area contributed by atoms with Crippen molar-refractivity contribution in [2.45, 2.75) is 25.1 Å². The van der Waals surface area contributed by atoms with Crippen LogP contribution in [0, 0.1) is 5.41 Å². The number of ether oxygens (including phenoxy) is 2. The molecule has 2 fully saturated rings. The standard InChI is InChI=1S/C26H31F3N8O5S/c27-26(28,29)25-4-7-35(8-5-25)23-13-18(33-43(39,40)12-10-38)1-2-22(23)37-15-21(32-34-37)20-3-6-30-24(31-20)36-9-11-42-19(14-36)16-41-17-25/h1-3,6,13,15,19,33,38H,4-5,7-12,14,16-17H2. The van der Waals surface area contributed by atoms with Gasteiger partial charge in [0.25, 0.3) is 0 Å². The van der Waals surface area contributed by atoms with E-state index < -0.39 is 46.7 Å². The molecule has 0 amide bonds. The van der Waals surface area contributed by atoms with Gasteiger partial charge in [0.2, 0.25) is 16.0 Å². The van der Waals surface area contributed by atoms with E-state index >= 15 is 0 Å². The molecule has 2 aromatic heterocycles. The molecule has 6 heterocycles. The smallest absolute Gasteiger partial charge is 0.395 e. The van der Waals surface area contributed by atoms with Crippen LogP contribution in [0.25, 0.3) is 17.1 Å². The van der Waals surface area contributed by atoms with Gasteiger partial charge in [-0.25, -0.2) is 23.1 Å². The third kappa shape index (κ3) is 6.11. The lowest BCUT2D eigenvalue weighted by molar-refractivity contribution is -0.249. The van der Waals surface area contributed by atoms with Crippen LogP contribution in [0.3, 0.4) is 0 Å². The van der Waals surface area contributed by atoms with Gasteiger partial charge in [-0.3, -0.25) is 4.72 Å². The van der Waals surface area contributed by atoms with Crippen LogP contribution >= 0.6 is 0 Å². The summed E-state index contributed by atoms with van der Waals surface area (Å²) < 4.78 is 83.7. The number of nitrogens with one attached hydrogen (secondary N) is 1. The van der Waals surface area contributed by atoms with Gasteiger partial charge in [0.1, 0.15) is 5.69 Å². The zero-order valence-corrected chi connectivity index (χ0v) is 23.9. The van der Waals surface area contributed by atoms with E-state index in [1.54, 1.807) is 35.5 Å². The number of rotatable bonds is 4. The molecule has 17 heteroatoms. The summed E-state index contributed by atoms with van der Waals surface area (Å²) in [4.78, 5) is 12.7. The minimum absolute atomic E-state index is 0.00770. The number of aromatic nitrogens is 5. The van der Waals surface area contributed by atoms with Crippen molar-refractivity contribution in [2.75, 3.05) is 72.9 Å². The van der Waals surface area contributed by atoms with Gasteiger partial charge < -0.3 is 24.4 Å². The van der Waals surface area contributed by atoms with E-state index in [0.29, 0.717) is 48.4 Å². The van der Waals surface area contributed by atoms with E-state index in [1.807, 2.05) is 4.90 Å².